The predicted molar refractivity (Wildman–Crippen MR) is 92.2 cm³/mol. The van der Waals surface area contributed by atoms with Crippen LogP contribution in [0.1, 0.15) is 23.0 Å². The van der Waals surface area contributed by atoms with Crippen molar-refractivity contribution in [1.82, 2.24) is 20.1 Å². The number of aromatic nitrogens is 3. The Morgan fingerprint density at radius 1 is 1.12 bits per heavy atom. The van der Waals surface area contributed by atoms with Crippen LogP contribution in [0.5, 0.6) is 0 Å². The summed E-state index contributed by atoms with van der Waals surface area (Å²) in [7, 11) is 0. The topological polar surface area (TPSA) is 83.6 Å². The predicted octanol–water partition coefficient (Wildman–Crippen LogP) is 2.25. The molecule has 0 bridgehead atoms. The van der Waals surface area contributed by atoms with Crippen molar-refractivity contribution in [2.75, 3.05) is 0 Å². The standard InChI is InChI=1S/C19H17N5O/c20-12-18-21-14-24(23-18)13-19(25)22-17(16-9-5-2-6-10-16)11-15-7-3-1-4-8-15/h1-10,14,17H,11,13H2,(H,22,25)/t17-/m1/s1. The van der Waals surface area contributed by atoms with Crippen LogP contribution in [0, 0.1) is 11.3 Å². The molecule has 1 atom stereocenters. The lowest BCUT2D eigenvalue weighted by atomic mass is 9.99. The summed E-state index contributed by atoms with van der Waals surface area (Å²) in [4.78, 5) is 16.2. The van der Waals surface area contributed by atoms with Gasteiger partial charge in [0, 0.05) is 0 Å². The van der Waals surface area contributed by atoms with E-state index in [1.807, 2.05) is 66.7 Å². The molecule has 0 aliphatic rings. The quantitative estimate of drug-likeness (QED) is 0.751. The Labute approximate surface area is 145 Å². The number of rotatable bonds is 6. The summed E-state index contributed by atoms with van der Waals surface area (Å²) in [5.41, 5.74) is 2.18. The largest absolute Gasteiger partial charge is 0.347 e. The third kappa shape index (κ3) is 4.52. The Morgan fingerprint density at radius 3 is 2.44 bits per heavy atom. The van der Waals surface area contributed by atoms with Crippen molar-refractivity contribution in [2.24, 2.45) is 0 Å². The minimum absolute atomic E-state index is 0.0206. The maximum Gasteiger partial charge on any atom is 0.252 e. The van der Waals surface area contributed by atoms with Gasteiger partial charge in [-0.3, -0.25) is 4.79 Å². The van der Waals surface area contributed by atoms with E-state index < -0.39 is 0 Å². The lowest BCUT2D eigenvalue weighted by molar-refractivity contribution is -0.122. The number of carbonyl (C=O) groups excluding carboxylic acids is 1. The van der Waals surface area contributed by atoms with Crippen LogP contribution in [0.15, 0.2) is 67.0 Å². The van der Waals surface area contributed by atoms with Gasteiger partial charge in [0.2, 0.25) is 5.91 Å². The molecule has 0 aliphatic heterocycles. The molecule has 25 heavy (non-hydrogen) atoms. The molecule has 0 fully saturated rings. The first-order valence-electron chi connectivity index (χ1n) is 7.92. The average Bonchev–Trinajstić information content (AvgIpc) is 3.10. The zero-order valence-electron chi connectivity index (χ0n) is 13.5. The summed E-state index contributed by atoms with van der Waals surface area (Å²) in [6, 6.07) is 21.6. The maximum absolute atomic E-state index is 12.4. The van der Waals surface area contributed by atoms with E-state index in [2.05, 4.69) is 15.4 Å². The van der Waals surface area contributed by atoms with Crippen LogP contribution in [0.25, 0.3) is 0 Å². The van der Waals surface area contributed by atoms with E-state index in [-0.39, 0.29) is 24.3 Å². The number of nitrogens with one attached hydrogen (secondary N) is 1. The van der Waals surface area contributed by atoms with Crippen LogP contribution in [0.3, 0.4) is 0 Å². The van der Waals surface area contributed by atoms with Crippen molar-refractivity contribution in [3.05, 3.63) is 83.9 Å². The maximum atomic E-state index is 12.4. The third-order valence-corrected chi connectivity index (χ3v) is 3.76. The van der Waals surface area contributed by atoms with Crippen LogP contribution >= 0.6 is 0 Å². The lowest BCUT2D eigenvalue weighted by Gasteiger charge is -2.19. The van der Waals surface area contributed by atoms with Gasteiger partial charge >= 0.3 is 0 Å². The van der Waals surface area contributed by atoms with E-state index in [1.54, 1.807) is 0 Å². The highest BCUT2D eigenvalue weighted by molar-refractivity contribution is 5.76. The number of amides is 1. The molecule has 0 spiro atoms. The van der Waals surface area contributed by atoms with Crippen molar-refractivity contribution >= 4 is 5.91 Å². The molecule has 124 valence electrons. The molecule has 0 saturated carbocycles. The van der Waals surface area contributed by atoms with E-state index in [0.29, 0.717) is 6.42 Å². The van der Waals surface area contributed by atoms with Crippen LogP contribution in [0.2, 0.25) is 0 Å². The van der Waals surface area contributed by atoms with E-state index in [0.717, 1.165) is 11.1 Å². The van der Waals surface area contributed by atoms with E-state index in [1.165, 1.54) is 11.0 Å². The smallest absolute Gasteiger partial charge is 0.252 e. The summed E-state index contributed by atoms with van der Waals surface area (Å²) in [6.45, 7) is 0.0206. The van der Waals surface area contributed by atoms with E-state index in [9.17, 15) is 4.79 Å². The normalized spacial score (nSPS) is 11.5. The highest BCUT2D eigenvalue weighted by Crippen LogP contribution is 2.18. The second-order valence-electron chi connectivity index (χ2n) is 5.60. The third-order valence-electron chi connectivity index (χ3n) is 3.76. The molecule has 0 unspecified atom stereocenters. The highest BCUT2D eigenvalue weighted by Gasteiger charge is 2.16. The van der Waals surface area contributed by atoms with Gasteiger partial charge < -0.3 is 5.32 Å². The zero-order valence-corrected chi connectivity index (χ0v) is 13.5. The van der Waals surface area contributed by atoms with Gasteiger partial charge in [-0.1, -0.05) is 60.7 Å². The number of carbonyl (C=O) groups is 1. The monoisotopic (exact) mass is 331 g/mol. The summed E-state index contributed by atoms with van der Waals surface area (Å²) < 4.78 is 1.36. The lowest BCUT2D eigenvalue weighted by Crippen LogP contribution is -2.33. The molecule has 3 aromatic rings. The summed E-state index contributed by atoms with van der Waals surface area (Å²) in [5, 5.41) is 15.7. The molecule has 1 heterocycles. The molecular formula is C19H17N5O. The molecule has 0 radical (unpaired) electrons. The van der Waals surface area contributed by atoms with Crippen molar-refractivity contribution in [1.29, 1.82) is 5.26 Å². The molecule has 1 aromatic heterocycles. The van der Waals surface area contributed by atoms with Gasteiger partial charge in [-0.2, -0.15) is 5.26 Å². The van der Waals surface area contributed by atoms with E-state index >= 15 is 0 Å². The Balaban J connectivity index is 1.73. The number of hydrogen-bond acceptors (Lipinski definition) is 4. The molecule has 1 N–H and O–H groups in total. The number of hydrogen-bond donors (Lipinski definition) is 1. The number of nitriles is 1. The molecule has 1 amide bonds. The van der Waals surface area contributed by atoms with Crippen molar-refractivity contribution in [3.8, 4) is 6.07 Å². The number of nitrogens with zero attached hydrogens (tertiary/aromatic N) is 4. The van der Waals surface area contributed by atoms with Gasteiger partial charge in [0.05, 0.1) is 6.04 Å². The molecule has 3 rings (SSSR count). The van der Waals surface area contributed by atoms with Crippen LogP contribution in [-0.4, -0.2) is 20.7 Å². The molecule has 0 saturated heterocycles. The van der Waals surface area contributed by atoms with Crippen LogP contribution in [0.4, 0.5) is 0 Å². The Hall–Kier alpha value is -3.46. The van der Waals surface area contributed by atoms with Gasteiger partial charge in [0.25, 0.3) is 5.82 Å². The average molecular weight is 331 g/mol. The van der Waals surface area contributed by atoms with Crippen molar-refractivity contribution < 1.29 is 4.79 Å². The van der Waals surface area contributed by atoms with Gasteiger partial charge in [0.15, 0.2) is 0 Å². The van der Waals surface area contributed by atoms with Gasteiger partial charge in [0.1, 0.15) is 18.9 Å². The summed E-state index contributed by atoms with van der Waals surface area (Å²) >= 11 is 0. The van der Waals surface area contributed by atoms with Gasteiger partial charge in [-0.25, -0.2) is 9.67 Å². The minimum Gasteiger partial charge on any atom is -0.347 e. The zero-order chi connectivity index (χ0) is 17.5. The van der Waals surface area contributed by atoms with Gasteiger partial charge in [-0.15, -0.1) is 5.10 Å². The van der Waals surface area contributed by atoms with Crippen molar-refractivity contribution in [3.63, 3.8) is 0 Å². The van der Waals surface area contributed by atoms with Crippen LogP contribution in [-0.2, 0) is 17.8 Å². The summed E-state index contributed by atoms with van der Waals surface area (Å²) in [6.07, 6.45) is 2.07. The fourth-order valence-electron chi connectivity index (χ4n) is 2.60. The van der Waals surface area contributed by atoms with Gasteiger partial charge in [-0.05, 0) is 17.5 Å². The SMILES string of the molecule is N#Cc1ncn(CC(=O)N[C@H](Cc2ccccc2)c2ccccc2)n1. The molecular weight excluding hydrogens is 314 g/mol. The second kappa shape index (κ2) is 7.88. The number of benzene rings is 2. The Kier molecular flexibility index (Phi) is 5.17. The molecule has 6 nitrogen and oxygen atoms in total. The molecule has 0 aliphatic carbocycles. The van der Waals surface area contributed by atoms with Crippen LogP contribution < -0.4 is 5.32 Å². The summed E-state index contributed by atoms with van der Waals surface area (Å²) in [5.74, 6) is -0.129. The Bertz CT molecular complexity index is 868. The minimum atomic E-state index is -0.181. The first-order chi connectivity index (χ1) is 12.2. The highest BCUT2D eigenvalue weighted by atomic mass is 16.2. The first kappa shape index (κ1) is 16.4. The fraction of sp³-hybridized carbons (Fsp3) is 0.158. The van der Waals surface area contributed by atoms with Crippen molar-refractivity contribution in [2.45, 2.75) is 19.0 Å². The molecule has 2 aromatic carbocycles. The van der Waals surface area contributed by atoms with E-state index in [4.69, 9.17) is 5.26 Å². The second-order valence-corrected chi connectivity index (χ2v) is 5.60. The molecule has 6 heteroatoms. The Morgan fingerprint density at radius 2 is 1.80 bits per heavy atom. The fourth-order valence-corrected chi connectivity index (χ4v) is 2.60. The first-order valence-corrected chi connectivity index (χ1v) is 7.92.